The highest BCUT2D eigenvalue weighted by Crippen LogP contribution is 2.11. The predicted octanol–water partition coefficient (Wildman–Crippen LogP) is 1.88. The van der Waals surface area contributed by atoms with Gasteiger partial charge in [-0.05, 0) is 19.1 Å². The van der Waals surface area contributed by atoms with E-state index in [1.165, 1.54) is 5.56 Å². The van der Waals surface area contributed by atoms with Crippen molar-refractivity contribution in [2.24, 2.45) is 16.1 Å². The van der Waals surface area contributed by atoms with E-state index >= 15 is 0 Å². The average Bonchev–Trinajstić information content (AvgIpc) is 2.36. The van der Waals surface area contributed by atoms with Gasteiger partial charge in [-0.15, -0.1) is 0 Å². The maximum Gasteiger partial charge on any atom is 0.225 e. The summed E-state index contributed by atoms with van der Waals surface area (Å²) in [6.07, 6.45) is 0. The van der Waals surface area contributed by atoms with Gasteiger partial charge in [0.2, 0.25) is 5.91 Å². The average molecular weight is 276 g/mol. The van der Waals surface area contributed by atoms with Gasteiger partial charge in [0, 0.05) is 17.6 Å². The highest BCUT2D eigenvalue weighted by molar-refractivity contribution is 5.92. The third kappa shape index (κ3) is 5.73. The van der Waals surface area contributed by atoms with E-state index < -0.39 is 0 Å². The number of hydrogen-bond donors (Lipinski definition) is 3. The molecule has 0 saturated carbocycles. The number of benzene rings is 1. The van der Waals surface area contributed by atoms with Gasteiger partial charge in [-0.3, -0.25) is 9.79 Å². The molecule has 1 amide bonds. The largest absolute Gasteiger partial charge is 0.370 e. The van der Waals surface area contributed by atoms with Crippen molar-refractivity contribution in [1.82, 2.24) is 5.32 Å². The molecule has 1 aromatic rings. The number of anilines is 1. The first kappa shape index (κ1) is 16.0. The first-order chi connectivity index (χ1) is 9.29. The zero-order valence-corrected chi connectivity index (χ0v) is 12.7. The number of aryl methyl sites for hydroxylation is 1. The minimum Gasteiger partial charge on any atom is -0.370 e. The van der Waals surface area contributed by atoms with Crippen LogP contribution in [-0.2, 0) is 4.79 Å². The summed E-state index contributed by atoms with van der Waals surface area (Å²) in [6.45, 7) is 8.58. The van der Waals surface area contributed by atoms with Gasteiger partial charge < -0.3 is 16.4 Å². The van der Waals surface area contributed by atoms with E-state index in [2.05, 4.69) is 15.6 Å². The molecule has 5 nitrogen and oxygen atoms in total. The highest BCUT2D eigenvalue weighted by Gasteiger charge is 2.19. The predicted molar refractivity (Wildman–Crippen MR) is 83.8 cm³/mol. The standard InChI is InChI=1S/C15H24N4O/c1-11-5-7-12(8-6-11)19-14(16)18-10-9-17-13(20)15(2,3)4/h5-8H,9-10H2,1-4H3,(H,17,20)(H3,16,18,19). The second-order valence-corrected chi connectivity index (χ2v) is 5.76. The minimum absolute atomic E-state index is 0.0118. The molecule has 0 atom stereocenters. The quantitative estimate of drug-likeness (QED) is 0.446. The Hall–Kier alpha value is -2.04. The molecule has 0 spiro atoms. The second-order valence-electron chi connectivity index (χ2n) is 5.76. The van der Waals surface area contributed by atoms with Crippen LogP contribution in [0, 0.1) is 12.3 Å². The second kappa shape index (κ2) is 6.93. The van der Waals surface area contributed by atoms with Crippen molar-refractivity contribution in [2.45, 2.75) is 27.7 Å². The Bertz CT molecular complexity index is 472. The number of aliphatic imine (C=N–C) groups is 1. The Morgan fingerprint density at radius 3 is 2.40 bits per heavy atom. The molecule has 0 heterocycles. The van der Waals surface area contributed by atoms with Gasteiger partial charge >= 0.3 is 0 Å². The van der Waals surface area contributed by atoms with Crippen molar-refractivity contribution >= 4 is 17.6 Å². The summed E-state index contributed by atoms with van der Waals surface area (Å²) < 4.78 is 0. The zero-order chi connectivity index (χ0) is 15.2. The van der Waals surface area contributed by atoms with Crippen molar-refractivity contribution in [3.8, 4) is 0 Å². The lowest BCUT2D eigenvalue weighted by Crippen LogP contribution is -2.36. The molecule has 0 bridgehead atoms. The smallest absolute Gasteiger partial charge is 0.225 e. The van der Waals surface area contributed by atoms with Crippen LogP contribution in [0.1, 0.15) is 26.3 Å². The summed E-state index contributed by atoms with van der Waals surface area (Å²) in [5.74, 6) is 0.358. The van der Waals surface area contributed by atoms with Crippen molar-refractivity contribution in [1.29, 1.82) is 0 Å². The third-order valence-electron chi connectivity index (χ3n) is 2.68. The first-order valence-electron chi connectivity index (χ1n) is 6.71. The molecule has 0 saturated heterocycles. The van der Waals surface area contributed by atoms with Crippen LogP contribution in [0.5, 0.6) is 0 Å². The maximum atomic E-state index is 11.6. The van der Waals surface area contributed by atoms with Gasteiger partial charge in [-0.2, -0.15) is 0 Å². The van der Waals surface area contributed by atoms with E-state index in [1.54, 1.807) is 0 Å². The van der Waals surface area contributed by atoms with Crippen LogP contribution >= 0.6 is 0 Å². The van der Waals surface area contributed by atoms with Crippen LogP contribution in [0.2, 0.25) is 0 Å². The maximum absolute atomic E-state index is 11.6. The first-order valence-corrected chi connectivity index (χ1v) is 6.71. The summed E-state index contributed by atoms with van der Waals surface area (Å²) in [4.78, 5) is 15.8. The van der Waals surface area contributed by atoms with Gasteiger partial charge in [-0.1, -0.05) is 38.5 Å². The molecular weight excluding hydrogens is 252 g/mol. The number of rotatable bonds is 4. The number of guanidine groups is 1. The summed E-state index contributed by atoms with van der Waals surface area (Å²) >= 11 is 0. The van der Waals surface area contributed by atoms with Crippen LogP contribution in [0.25, 0.3) is 0 Å². The molecule has 1 aromatic carbocycles. The Labute approximate surface area is 120 Å². The van der Waals surface area contributed by atoms with E-state index in [9.17, 15) is 4.79 Å². The SMILES string of the molecule is Cc1ccc(NC(N)=NCCNC(=O)C(C)(C)C)cc1. The summed E-state index contributed by atoms with van der Waals surface area (Å²) in [5, 5.41) is 5.82. The summed E-state index contributed by atoms with van der Waals surface area (Å²) in [7, 11) is 0. The molecule has 110 valence electrons. The van der Waals surface area contributed by atoms with Crippen LogP contribution in [0.15, 0.2) is 29.3 Å². The van der Waals surface area contributed by atoms with Gasteiger partial charge in [0.05, 0.1) is 6.54 Å². The Morgan fingerprint density at radius 2 is 1.85 bits per heavy atom. The molecule has 0 aromatic heterocycles. The number of amides is 1. The number of carbonyl (C=O) groups excluding carboxylic acids is 1. The van der Waals surface area contributed by atoms with Gasteiger partial charge in [0.15, 0.2) is 5.96 Å². The fourth-order valence-corrected chi connectivity index (χ4v) is 1.44. The number of nitrogens with zero attached hydrogens (tertiary/aromatic N) is 1. The molecule has 0 aliphatic rings. The number of hydrogen-bond acceptors (Lipinski definition) is 2. The van der Waals surface area contributed by atoms with Crippen molar-refractivity contribution in [3.05, 3.63) is 29.8 Å². The van der Waals surface area contributed by atoms with Gasteiger partial charge in [0.1, 0.15) is 0 Å². The van der Waals surface area contributed by atoms with Crippen LogP contribution in [-0.4, -0.2) is 25.0 Å². The fraction of sp³-hybridized carbons (Fsp3) is 0.467. The fourth-order valence-electron chi connectivity index (χ4n) is 1.44. The van der Waals surface area contributed by atoms with Crippen molar-refractivity contribution < 1.29 is 4.79 Å². The molecule has 4 N–H and O–H groups in total. The Kier molecular flexibility index (Phi) is 5.55. The highest BCUT2D eigenvalue weighted by atomic mass is 16.2. The summed E-state index contributed by atoms with van der Waals surface area (Å²) in [6, 6.07) is 7.89. The van der Waals surface area contributed by atoms with E-state index in [0.717, 1.165) is 5.69 Å². The molecule has 5 heteroatoms. The molecule has 0 unspecified atom stereocenters. The van der Waals surface area contributed by atoms with E-state index in [1.807, 2.05) is 52.0 Å². The lowest BCUT2D eigenvalue weighted by molar-refractivity contribution is -0.128. The molecule has 0 fully saturated rings. The lowest BCUT2D eigenvalue weighted by Gasteiger charge is -2.17. The van der Waals surface area contributed by atoms with E-state index in [0.29, 0.717) is 19.0 Å². The van der Waals surface area contributed by atoms with Crippen molar-refractivity contribution in [3.63, 3.8) is 0 Å². The molecule has 0 radical (unpaired) electrons. The van der Waals surface area contributed by atoms with E-state index in [4.69, 9.17) is 5.73 Å². The topological polar surface area (TPSA) is 79.5 Å². The van der Waals surface area contributed by atoms with Crippen LogP contribution in [0.4, 0.5) is 5.69 Å². The normalized spacial score (nSPS) is 12.1. The number of nitrogens with one attached hydrogen (secondary N) is 2. The third-order valence-corrected chi connectivity index (χ3v) is 2.68. The Morgan fingerprint density at radius 1 is 1.25 bits per heavy atom. The molecule has 20 heavy (non-hydrogen) atoms. The van der Waals surface area contributed by atoms with Crippen LogP contribution < -0.4 is 16.4 Å². The van der Waals surface area contributed by atoms with Crippen LogP contribution in [0.3, 0.4) is 0 Å². The lowest BCUT2D eigenvalue weighted by atomic mass is 9.96. The molecule has 0 aliphatic carbocycles. The van der Waals surface area contributed by atoms with Crippen molar-refractivity contribution in [2.75, 3.05) is 18.4 Å². The number of nitrogens with two attached hydrogens (primary N) is 1. The van der Waals surface area contributed by atoms with E-state index in [-0.39, 0.29) is 11.3 Å². The number of carbonyl (C=O) groups is 1. The molecular formula is C15H24N4O. The van der Waals surface area contributed by atoms with Gasteiger partial charge in [0.25, 0.3) is 0 Å². The summed E-state index contributed by atoms with van der Waals surface area (Å²) in [5.41, 5.74) is 7.48. The molecule has 0 aliphatic heterocycles. The zero-order valence-electron chi connectivity index (χ0n) is 12.7. The monoisotopic (exact) mass is 276 g/mol. The molecule has 1 rings (SSSR count). The van der Waals surface area contributed by atoms with Gasteiger partial charge in [-0.25, -0.2) is 0 Å². The minimum atomic E-state index is -0.380. The Balaban J connectivity index is 2.35.